The molecule has 0 saturated heterocycles. The van der Waals surface area contributed by atoms with Crippen LogP contribution in [0, 0.1) is 0 Å². The van der Waals surface area contributed by atoms with E-state index in [-0.39, 0.29) is 18.4 Å². The van der Waals surface area contributed by atoms with Crippen molar-refractivity contribution in [1.29, 1.82) is 0 Å². The Bertz CT molecular complexity index is 1320. The van der Waals surface area contributed by atoms with Crippen molar-refractivity contribution in [2.24, 2.45) is 0 Å². The SMILES string of the molecule is COc1ccc(NC(=O)Cn2cc(NC(=O)c3ccc4[nH]c5c(c4c3)CCCC5)cn2)cc1. The first-order chi connectivity index (χ1) is 16.1. The van der Waals surface area contributed by atoms with Crippen LogP contribution in [0.4, 0.5) is 11.4 Å². The zero-order valence-electron chi connectivity index (χ0n) is 18.4. The van der Waals surface area contributed by atoms with Crippen molar-refractivity contribution in [3.05, 3.63) is 71.7 Å². The standard InChI is InChI=1S/C25H25N5O3/c1-33-19-9-7-17(8-10-19)27-24(31)15-30-14-18(13-26-30)28-25(32)16-6-11-23-21(12-16)20-4-2-3-5-22(20)29-23/h6-14,29H,2-5,15H2,1H3,(H,27,31)(H,28,32). The zero-order valence-corrected chi connectivity index (χ0v) is 18.4. The van der Waals surface area contributed by atoms with Gasteiger partial charge in [-0.3, -0.25) is 14.3 Å². The summed E-state index contributed by atoms with van der Waals surface area (Å²) in [7, 11) is 1.59. The highest BCUT2D eigenvalue weighted by Crippen LogP contribution is 2.30. The van der Waals surface area contributed by atoms with Gasteiger partial charge < -0.3 is 20.4 Å². The van der Waals surface area contributed by atoms with Crippen LogP contribution in [-0.2, 0) is 24.2 Å². The molecule has 3 N–H and O–H groups in total. The van der Waals surface area contributed by atoms with Crippen LogP contribution >= 0.6 is 0 Å². The van der Waals surface area contributed by atoms with Gasteiger partial charge in [-0.25, -0.2) is 0 Å². The van der Waals surface area contributed by atoms with E-state index in [1.165, 1.54) is 35.0 Å². The van der Waals surface area contributed by atoms with Crippen LogP contribution < -0.4 is 15.4 Å². The average Bonchev–Trinajstić information content (AvgIpc) is 3.42. The Labute approximate surface area is 190 Å². The van der Waals surface area contributed by atoms with Gasteiger partial charge >= 0.3 is 0 Å². The Morgan fingerprint density at radius 3 is 2.70 bits per heavy atom. The molecule has 0 saturated carbocycles. The van der Waals surface area contributed by atoms with Gasteiger partial charge in [0.15, 0.2) is 0 Å². The van der Waals surface area contributed by atoms with Crippen LogP contribution in [0.5, 0.6) is 5.75 Å². The highest BCUT2D eigenvalue weighted by Gasteiger charge is 2.17. The minimum atomic E-state index is -0.219. The second-order valence-corrected chi connectivity index (χ2v) is 8.21. The Morgan fingerprint density at radius 1 is 1.06 bits per heavy atom. The summed E-state index contributed by atoms with van der Waals surface area (Å²) in [5.74, 6) is 0.296. The molecule has 33 heavy (non-hydrogen) atoms. The second-order valence-electron chi connectivity index (χ2n) is 8.21. The number of methoxy groups -OCH3 is 1. The molecule has 1 aliphatic carbocycles. The first-order valence-corrected chi connectivity index (χ1v) is 11.0. The van der Waals surface area contributed by atoms with E-state index >= 15 is 0 Å². The normalized spacial score (nSPS) is 12.9. The third-order valence-electron chi connectivity index (χ3n) is 5.93. The zero-order chi connectivity index (χ0) is 22.8. The van der Waals surface area contributed by atoms with Gasteiger partial charge in [0.1, 0.15) is 12.3 Å². The summed E-state index contributed by atoms with van der Waals surface area (Å²) in [5, 5.41) is 11.0. The summed E-state index contributed by atoms with van der Waals surface area (Å²) in [6.07, 6.45) is 7.68. The molecule has 8 nitrogen and oxygen atoms in total. The molecule has 2 aromatic heterocycles. The van der Waals surface area contributed by atoms with E-state index in [4.69, 9.17) is 4.74 Å². The molecule has 2 amide bonds. The van der Waals surface area contributed by atoms with E-state index in [9.17, 15) is 9.59 Å². The quantitative estimate of drug-likeness (QED) is 0.417. The molecular weight excluding hydrogens is 418 g/mol. The van der Waals surface area contributed by atoms with E-state index in [1.807, 2.05) is 18.2 Å². The van der Waals surface area contributed by atoms with Gasteiger partial charge in [0.05, 0.1) is 19.0 Å². The Hall–Kier alpha value is -4.07. The van der Waals surface area contributed by atoms with Crippen LogP contribution in [0.2, 0.25) is 0 Å². The molecule has 0 atom stereocenters. The van der Waals surface area contributed by atoms with Gasteiger partial charge in [-0.15, -0.1) is 0 Å². The molecule has 0 unspecified atom stereocenters. The number of aryl methyl sites for hydroxylation is 2. The summed E-state index contributed by atoms with van der Waals surface area (Å²) in [6.45, 7) is 0.0311. The number of fused-ring (bicyclic) bond motifs is 3. The Morgan fingerprint density at radius 2 is 1.88 bits per heavy atom. The number of nitrogens with one attached hydrogen (secondary N) is 3. The Kier molecular flexibility index (Phi) is 5.56. The topological polar surface area (TPSA) is 101 Å². The summed E-state index contributed by atoms with van der Waals surface area (Å²) in [4.78, 5) is 28.6. The minimum Gasteiger partial charge on any atom is -0.497 e. The van der Waals surface area contributed by atoms with E-state index < -0.39 is 0 Å². The molecule has 0 spiro atoms. The molecule has 5 rings (SSSR count). The van der Waals surface area contributed by atoms with Crippen LogP contribution in [-0.4, -0.2) is 33.7 Å². The number of carbonyl (C=O) groups is 2. The number of aromatic amines is 1. The predicted molar refractivity (Wildman–Crippen MR) is 127 cm³/mol. The summed E-state index contributed by atoms with van der Waals surface area (Å²) in [6, 6.07) is 12.8. The summed E-state index contributed by atoms with van der Waals surface area (Å²) < 4.78 is 6.60. The number of ether oxygens (including phenoxy) is 1. The minimum absolute atomic E-state index is 0.0311. The van der Waals surface area contributed by atoms with Gasteiger partial charge in [-0.05, 0) is 73.7 Å². The molecule has 4 aromatic rings. The third kappa shape index (κ3) is 4.45. The highest BCUT2D eigenvalue weighted by atomic mass is 16.5. The first kappa shape index (κ1) is 20.8. The average molecular weight is 444 g/mol. The number of amides is 2. The van der Waals surface area contributed by atoms with E-state index in [0.29, 0.717) is 16.9 Å². The van der Waals surface area contributed by atoms with E-state index in [1.54, 1.807) is 37.6 Å². The fraction of sp³-hybridized carbons (Fsp3) is 0.240. The molecule has 2 aromatic carbocycles. The number of hydrogen-bond acceptors (Lipinski definition) is 4. The maximum atomic E-state index is 12.8. The number of anilines is 2. The molecular formula is C25H25N5O3. The monoisotopic (exact) mass is 443 g/mol. The van der Waals surface area contributed by atoms with Crippen molar-refractivity contribution in [2.45, 2.75) is 32.2 Å². The van der Waals surface area contributed by atoms with Gasteiger partial charge in [0.2, 0.25) is 5.91 Å². The lowest BCUT2D eigenvalue weighted by molar-refractivity contribution is -0.116. The number of aromatic nitrogens is 3. The molecule has 0 fully saturated rings. The van der Waals surface area contributed by atoms with E-state index in [0.717, 1.165) is 29.5 Å². The maximum Gasteiger partial charge on any atom is 0.255 e. The van der Waals surface area contributed by atoms with Crippen molar-refractivity contribution in [3.8, 4) is 5.75 Å². The largest absolute Gasteiger partial charge is 0.497 e. The van der Waals surface area contributed by atoms with Gasteiger partial charge in [-0.1, -0.05) is 0 Å². The fourth-order valence-electron chi connectivity index (χ4n) is 4.29. The maximum absolute atomic E-state index is 12.8. The molecule has 1 aliphatic rings. The lowest BCUT2D eigenvalue weighted by Crippen LogP contribution is -2.19. The van der Waals surface area contributed by atoms with Crippen molar-refractivity contribution < 1.29 is 14.3 Å². The number of rotatable bonds is 6. The van der Waals surface area contributed by atoms with Crippen molar-refractivity contribution >= 4 is 34.1 Å². The van der Waals surface area contributed by atoms with Crippen molar-refractivity contribution in [3.63, 3.8) is 0 Å². The van der Waals surface area contributed by atoms with Crippen LogP contribution in [0.1, 0.15) is 34.5 Å². The van der Waals surface area contributed by atoms with Crippen molar-refractivity contribution in [1.82, 2.24) is 14.8 Å². The van der Waals surface area contributed by atoms with Crippen LogP contribution in [0.25, 0.3) is 10.9 Å². The smallest absolute Gasteiger partial charge is 0.255 e. The molecule has 0 bridgehead atoms. The second kappa shape index (κ2) is 8.82. The number of carbonyl (C=O) groups excluding carboxylic acids is 2. The summed E-state index contributed by atoms with van der Waals surface area (Å²) in [5.41, 5.74) is 5.51. The number of hydrogen-bond donors (Lipinski definition) is 3. The van der Waals surface area contributed by atoms with Gasteiger partial charge in [-0.2, -0.15) is 5.10 Å². The fourth-order valence-corrected chi connectivity index (χ4v) is 4.29. The predicted octanol–water partition coefficient (Wildman–Crippen LogP) is 4.14. The number of nitrogens with zero attached hydrogens (tertiary/aromatic N) is 2. The molecule has 168 valence electrons. The lowest BCUT2D eigenvalue weighted by Gasteiger charge is -2.10. The molecule has 0 aliphatic heterocycles. The van der Waals surface area contributed by atoms with Crippen molar-refractivity contribution in [2.75, 3.05) is 17.7 Å². The number of H-pyrrole nitrogens is 1. The number of benzene rings is 2. The third-order valence-corrected chi connectivity index (χ3v) is 5.93. The Balaban J connectivity index is 1.23. The van der Waals surface area contributed by atoms with E-state index in [2.05, 4.69) is 20.7 Å². The summed E-state index contributed by atoms with van der Waals surface area (Å²) >= 11 is 0. The first-order valence-electron chi connectivity index (χ1n) is 11.0. The van der Waals surface area contributed by atoms with Gasteiger partial charge in [0.25, 0.3) is 5.91 Å². The van der Waals surface area contributed by atoms with Crippen LogP contribution in [0.15, 0.2) is 54.9 Å². The molecule has 8 heteroatoms. The molecule has 0 radical (unpaired) electrons. The van der Waals surface area contributed by atoms with Gasteiger partial charge in [0, 0.05) is 34.0 Å². The van der Waals surface area contributed by atoms with Crippen LogP contribution in [0.3, 0.4) is 0 Å². The highest BCUT2D eigenvalue weighted by molar-refractivity contribution is 6.06. The lowest BCUT2D eigenvalue weighted by atomic mass is 9.95. The molecule has 2 heterocycles.